The third-order valence-corrected chi connectivity index (χ3v) is 3.63. The zero-order valence-corrected chi connectivity index (χ0v) is 10.1. The van der Waals surface area contributed by atoms with Crippen molar-refractivity contribution in [2.24, 2.45) is 0 Å². The average Bonchev–Trinajstić information content (AvgIpc) is 2.82. The van der Waals surface area contributed by atoms with E-state index in [1.807, 2.05) is 29.8 Å². The number of aromatic nitrogens is 1. The molecule has 0 spiro atoms. The standard InChI is InChI=1S/C11H10N2OS2/c14-7-12-9-1-3-11(4-2-9)16-6-10-5-15-8-13-10/h1-5,7-8H,6H2,(H,12,14). The lowest BCUT2D eigenvalue weighted by Crippen LogP contribution is -1.92. The maximum atomic E-state index is 10.2. The third kappa shape index (κ3) is 3.08. The first-order valence-corrected chi connectivity index (χ1v) is 6.61. The van der Waals surface area contributed by atoms with Crippen LogP contribution in [0.15, 0.2) is 40.1 Å². The first kappa shape index (κ1) is 11.2. The number of nitrogens with zero attached hydrogens (tertiary/aromatic N) is 1. The van der Waals surface area contributed by atoms with Crippen molar-refractivity contribution in [3.05, 3.63) is 40.8 Å². The fraction of sp³-hybridized carbons (Fsp3) is 0.0909. The van der Waals surface area contributed by atoms with Crippen LogP contribution in [-0.4, -0.2) is 11.4 Å². The molecule has 0 saturated heterocycles. The van der Waals surface area contributed by atoms with Crippen LogP contribution in [0.1, 0.15) is 5.69 Å². The van der Waals surface area contributed by atoms with E-state index >= 15 is 0 Å². The van der Waals surface area contributed by atoms with Crippen molar-refractivity contribution in [1.82, 2.24) is 4.98 Å². The Bertz CT molecular complexity index is 440. The molecule has 0 radical (unpaired) electrons. The van der Waals surface area contributed by atoms with Gasteiger partial charge in [0.1, 0.15) is 0 Å². The molecule has 1 aromatic carbocycles. The van der Waals surface area contributed by atoms with Gasteiger partial charge in [0, 0.05) is 21.7 Å². The van der Waals surface area contributed by atoms with Gasteiger partial charge in [0.25, 0.3) is 0 Å². The lowest BCUT2D eigenvalue weighted by Gasteiger charge is -2.01. The van der Waals surface area contributed by atoms with E-state index in [-0.39, 0.29) is 0 Å². The summed E-state index contributed by atoms with van der Waals surface area (Å²) in [5.74, 6) is 0.879. The maximum Gasteiger partial charge on any atom is 0.211 e. The summed E-state index contributed by atoms with van der Waals surface area (Å²) in [5.41, 5.74) is 3.76. The summed E-state index contributed by atoms with van der Waals surface area (Å²) >= 11 is 3.34. The van der Waals surface area contributed by atoms with Gasteiger partial charge in [-0.2, -0.15) is 0 Å². The fourth-order valence-corrected chi connectivity index (χ4v) is 2.65. The van der Waals surface area contributed by atoms with Crippen LogP contribution in [0.4, 0.5) is 5.69 Å². The second kappa shape index (κ2) is 5.67. The number of benzene rings is 1. The summed E-state index contributed by atoms with van der Waals surface area (Å²) in [4.78, 5) is 15.6. The molecule has 16 heavy (non-hydrogen) atoms. The SMILES string of the molecule is O=CNc1ccc(SCc2cscn2)cc1. The van der Waals surface area contributed by atoms with E-state index in [4.69, 9.17) is 0 Å². The van der Waals surface area contributed by atoms with Crippen LogP contribution < -0.4 is 5.32 Å². The Kier molecular flexibility index (Phi) is 3.96. The molecule has 0 unspecified atom stereocenters. The van der Waals surface area contributed by atoms with E-state index in [1.54, 1.807) is 23.1 Å². The van der Waals surface area contributed by atoms with E-state index in [9.17, 15) is 4.79 Å². The number of hydrogen-bond donors (Lipinski definition) is 1. The van der Waals surface area contributed by atoms with E-state index in [0.717, 1.165) is 17.1 Å². The number of thiazole rings is 1. The molecule has 0 aliphatic heterocycles. The van der Waals surface area contributed by atoms with Gasteiger partial charge >= 0.3 is 0 Å². The van der Waals surface area contributed by atoms with Gasteiger partial charge in [0.05, 0.1) is 11.2 Å². The number of nitrogens with one attached hydrogen (secondary N) is 1. The van der Waals surface area contributed by atoms with Gasteiger partial charge in [-0.1, -0.05) is 0 Å². The number of anilines is 1. The van der Waals surface area contributed by atoms with Crippen molar-refractivity contribution in [3.63, 3.8) is 0 Å². The summed E-state index contributed by atoms with van der Waals surface area (Å²) in [6.07, 6.45) is 0.678. The number of rotatable bonds is 5. The largest absolute Gasteiger partial charge is 0.329 e. The highest BCUT2D eigenvalue weighted by molar-refractivity contribution is 7.98. The second-order valence-corrected chi connectivity index (χ2v) is 4.82. The molecule has 0 atom stereocenters. The van der Waals surface area contributed by atoms with Gasteiger partial charge < -0.3 is 5.32 Å². The Hall–Kier alpha value is -1.33. The van der Waals surface area contributed by atoms with Crippen molar-refractivity contribution >= 4 is 35.2 Å². The van der Waals surface area contributed by atoms with Crippen molar-refractivity contribution < 1.29 is 4.79 Å². The molecular weight excluding hydrogens is 240 g/mol. The zero-order chi connectivity index (χ0) is 11.2. The summed E-state index contributed by atoms with van der Waals surface area (Å²) < 4.78 is 0. The minimum Gasteiger partial charge on any atom is -0.329 e. The predicted molar refractivity (Wildman–Crippen MR) is 67.8 cm³/mol. The van der Waals surface area contributed by atoms with Crippen molar-refractivity contribution in [2.75, 3.05) is 5.32 Å². The lowest BCUT2D eigenvalue weighted by atomic mass is 10.3. The van der Waals surface area contributed by atoms with E-state index in [2.05, 4.69) is 15.7 Å². The molecular formula is C11H10N2OS2. The normalized spacial score (nSPS) is 10.0. The molecule has 1 amide bonds. The molecule has 2 aromatic rings. The fourth-order valence-electron chi connectivity index (χ4n) is 1.18. The summed E-state index contributed by atoms with van der Waals surface area (Å²) in [6.45, 7) is 0. The number of carbonyl (C=O) groups is 1. The Morgan fingerprint density at radius 2 is 2.19 bits per heavy atom. The highest BCUT2D eigenvalue weighted by Gasteiger charge is 1.98. The van der Waals surface area contributed by atoms with Gasteiger partial charge in [-0.05, 0) is 24.3 Å². The Morgan fingerprint density at radius 3 is 2.81 bits per heavy atom. The van der Waals surface area contributed by atoms with Crippen LogP contribution >= 0.6 is 23.1 Å². The second-order valence-electron chi connectivity index (χ2n) is 3.06. The van der Waals surface area contributed by atoms with Gasteiger partial charge in [0.2, 0.25) is 6.41 Å². The Balaban J connectivity index is 1.92. The summed E-state index contributed by atoms with van der Waals surface area (Å²) in [6, 6.07) is 7.75. The van der Waals surface area contributed by atoms with E-state index in [0.29, 0.717) is 6.41 Å². The molecule has 0 saturated carbocycles. The van der Waals surface area contributed by atoms with Crippen molar-refractivity contribution in [1.29, 1.82) is 0 Å². The molecule has 1 heterocycles. The van der Waals surface area contributed by atoms with E-state index in [1.165, 1.54) is 4.90 Å². The van der Waals surface area contributed by atoms with E-state index < -0.39 is 0 Å². The van der Waals surface area contributed by atoms with Crippen LogP contribution in [0.3, 0.4) is 0 Å². The predicted octanol–water partition coefficient (Wildman–Crippen LogP) is 3.00. The maximum absolute atomic E-state index is 10.2. The number of thioether (sulfide) groups is 1. The molecule has 0 aliphatic rings. The van der Waals surface area contributed by atoms with Crippen molar-refractivity contribution in [2.45, 2.75) is 10.6 Å². The summed E-state index contributed by atoms with van der Waals surface area (Å²) in [7, 11) is 0. The van der Waals surface area contributed by atoms with Gasteiger partial charge in [0.15, 0.2) is 0 Å². The van der Waals surface area contributed by atoms with Crippen LogP contribution in [0.25, 0.3) is 0 Å². The highest BCUT2D eigenvalue weighted by Crippen LogP contribution is 2.23. The number of hydrogen-bond acceptors (Lipinski definition) is 4. The first-order valence-electron chi connectivity index (χ1n) is 4.68. The molecule has 0 aliphatic carbocycles. The van der Waals surface area contributed by atoms with Gasteiger partial charge in [-0.15, -0.1) is 23.1 Å². The molecule has 3 nitrogen and oxygen atoms in total. The third-order valence-electron chi connectivity index (χ3n) is 1.95. The topological polar surface area (TPSA) is 42.0 Å². The smallest absolute Gasteiger partial charge is 0.211 e. The van der Waals surface area contributed by atoms with Gasteiger partial charge in [-0.25, -0.2) is 4.98 Å². The first-order chi connectivity index (χ1) is 7.88. The molecule has 1 N–H and O–H groups in total. The minimum atomic E-state index is 0.678. The molecule has 82 valence electrons. The lowest BCUT2D eigenvalue weighted by molar-refractivity contribution is -0.105. The summed E-state index contributed by atoms with van der Waals surface area (Å²) in [5, 5.41) is 4.65. The molecule has 0 fully saturated rings. The van der Waals surface area contributed by atoms with Crippen LogP contribution in [-0.2, 0) is 10.5 Å². The van der Waals surface area contributed by atoms with Crippen LogP contribution in [0, 0.1) is 0 Å². The zero-order valence-electron chi connectivity index (χ0n) is 8.42. The quantitative estimate of drug-likeness (QED) is 0.655. The molecule has 0 bridgehead atoms. The molecule has 5 heteroatoms. The van der Waals surface area contributed by atoms with Crippen LogP contribution in [0.5, 0.6) is 0 Å². The molecule has 2 rings (SSSR count). The van der Waals surface area contributed by atoms with Crippen molar-refractivity contribution in [3.8, 4) is 0 Å². The van der Waals surface area contributed by atoms with Gasteiger partial charge in [-0.3, -0.25) is 4.79 Å². The minimum absolute atomic E-state index is 0.678. The number of carbonyl (C=O) groups excluding carboxylic acids is 1. The molecule has 1 aromatic heterocycles. The van der Waals surface area contributed by atoms with Crippen LogP contribution in [0.2, 0.25) is 0 Å². The monoisotopic (exact) mass is 250 g/mol. The Labute approximate surface area is 102 Å². The highest BCUT2D eigenvalue weighted by atomic mass is 32.2. The average molecular weight is 250 g/mol. The number of amides is 1. The Morgan fingerprint density at radius 1 is 1.38 bits per heavy atom.